The van der Waals surface area contributed by atoms with E-state index in [1.807, 2.05) is 54.6 Å². The maximum Gasteiger partial charge on any atom is 0.163 e. The molecule has 0 saturated carbocycles. The molecule has 2 aromatic rings. The maximum absolute atomic E-state index is 6.03. The van der Waals surface area contributed by atoms with E-state index in [4.69, 9.17) is 23.2 Å². The van der Waals surface area contributed by atoms with Crippen molar-refractivity contribution in [1.82, 2.24) is 9.97 Å². The molecule has 2 nitrogen and oxygen atoms in total. The van der Waals surface area contributed by atoms with Crippen LogP contribution in [0.1, 0.15) is 11.1 Å². The SMILES string of the molecule is Cc1cccc(C)c1-c1nc(Cl)c(I)c(Cl)n1. The van der Waals surface area contributed by atoms with Crippen LogP contribution in [0.25, 0.3) is 11.4 Å². The van der Waals surface area contributed by atoms with Crippen molar-refractivity contribution in [2.75, 3.05) is 0 Å². The lowest BCUT2D eigenvalue weighted by Crippen LogP contribution is -1.97. The summed E-state index contributed by atoms with van der Waals surface area (Å²) in [5.41, 5.74) is 3.21. The number of aryl methyl sites for hydroxylation is 2. The zero-order valence-electron chi connectivity index (χ0n) is 9.26. The zero-order chi connectivity index (χ0) is 12.6. The van der Waals surface area contributed by atoms with Crippen molar-refractivity contribution in [2.24, 2.45) is 0 Å². The van der Waals surface area contributed by atoms with Crippen molar-refractivity contribution in [1.29, 1.82) is 0 Å². The van der Waals surface area contributed by atoms with Crippen LogP contribution in [0.5, 0.6) is 0 Å². The fourth-order valence-electron chi connectivity index (χ4n) is 1.67. The van der Waals surface area contributed by atoms with Crippen LogP contribution < -0.4 is 0 Å². The molecular formula is C12H9Cl2IN2. The normalized spacial score (nSPS) is 10.6. The first-order valence-corrected chi connectivity index (χ1v) is 6.79. The Balaban J connectivity index is 2.69. The van der Waals surface area contributed by atoms with Gasteiger partial charge in [-0.25, -0.2) is 9.97 Å². The topological polar surface area (TPSA) is 25.8 Å². The number of hydrogen-bond donors (Lipinski definition) is 0. The summed E-state index contributed by atoms with van der Waals surface area (Å²) in [6.07, 6.45) is 0. The molecule has 1 aromatic carbocycles. The molecule has 0 aliphatic carbocycles. The lowest BCUT2D eigenvalue weighted by molar-refractivity contribution is 1.14. The number of hydrogen-bond acceptors (Lipinski definition) is 2. The van der Waals surface area contributed by atoms with Gasteiger partial charge in [-0.2, -0.15) is 0 Å². The first-order chi connectivity index (χ1) is 8.00. The van der Waals surface area contributed by atoms with Gasteiger partial charge in [0, 0.05) is 5.56 Å². The van der Waals surface area contributed by atoms with Crippen molar-refractivity contribution >= 4 is 45.8 Å². The van der Waals surface area contributed by atoms with Crippen LogP contribution >= 0.6 is 45.8 Å². The molecule has 5 heteroatoms. The molecule has 0 radical (unpaired) electrons. The Morgan fingerprint density at radius 1 is 1.00 bits per heavy atom. The van der Waals surface area contributed by atoms with E-state index in [2.05, 4.69) is 9.97 Å². The van der Waals surface area contributed by atoms with Gasteiger partial charge in [0.2, 0.25) is 0 Å². The van der Waals surface area contributed by atoms with Crippen molar-refractivity contribution < 1.29 is 0 Å². The molecule has 1 aromatic heterocycles. The van der Waals surface area contributed by atoms with E-state index in [0.717, 1.165) is 16.7 Å². The third-order valence-corrected chi connectivity index (χ3v) is 4.68. The maximum atomic E-state index is 6.03. The second kappa shape index (κ2) is 5.08. The molecule has 0 aliphatic rings. The molecule has 0 unspecified atom stereocenters. The first-order valence-electron chi connectivity index (χ1n) is 4.96. The van der Waals surface area contributed by atoms with Gasteiger partial charge in [-0.1, -0.05) is 41.4 Å². The molecule has 0 amide bonds. The molecule has 1 heterocycles. The zero-order valence-corrected chi connectivity index (χ0v) is 12.9. The van der Waals surface area contributed by atoms with E-state index < -0.39 is 0 Å². The molecule has 17 heavy (non-hydrogen) atoms. The van der Waals surface area contributed by atoms with E-state index in [-0.39, 0.29) is 0 Å². The van der Waals surface area contributed by atoms with Crippen LogP contribution in [-0.4, -0.2) is 9.97 Å². The number of nitrogens with zero attached hydrogens (tertiary/aromatic N) is 2. The molecule has 0 spiro atoms. The monoisotopic (exact) mass is 378 g/mol. The largest absolute Gasteiger partial charge is 0.215 e. The van der Waals surface area contributed by atoms with E-state index in [1.54, 1.807) is 0 Å². The summed E-state index contributed by atoms with van der Waals surface area (Å²) >= 11 is 14.1. The Bertz CT molecular complexity index is 541. The fraction of sp³-hybridized carbons (Fsp3) is 0.167. The third kappa shape index (κ3) is 2.56. The summed E-state index contributed by atoms with van der Waals surface area (Å²) in [6.45, 7) is 4.04. The Kier molecular flexibility index (Phi) is 3.90. The Morgan fingerprint density at radius 3 is 1.94 bits per heavy atom. The molecule has 0 N–H and O–H groups in total. The van der Waals surface area contributed by atoms with Crippen molar-refractivity contribution in [2.45, 2.75) is 13.8 Å². The lowest BCUT2D eigenvalue weighted by Gasteiger charge is -2.09. The van der Waals surface area contributed by atoms with Crippen LogP contribution in [0, 0.1) is 17.4 Å². The third-order valence-electron chi connectivity index (χ3n) is 2.48. The van der Waals surface area contributed by atoms with E-state index >= 15 is 0 Å². The predicted octanol–water partition coefficient (Wildman–Crippen LogP) is 4.67. The molecule has 0 saturated heterocycles. The number of rotatable bonds is 1. The summed E-state index contributed by atoms with van der Waals surface area (Å²) in [7, 11) is 0. The second-order valence-electron chi connectivity index (χ2n) is 3.71. The Hall–Kier alpha value is -0.390. The van der Waals surface area contributed by atoms with Gasteiger partial charge in [0.25, 0.3) is 0 Å². The summed E-state index contributed by atoms with van der Waals surface area (Å²) in [5, 5.41) is 0.784. The fourth-order valence-corrected chi connectivity index (χ4v) is 2.30. The highest BCUT2D eigenvalue weighted by atomic mass is 127. The number of benzene rings is 1. The minimum atomic E-state index is 0.392. The summed E-state index contributed by atoms with van der Waals surface area (Å²) in [4.78, 5) is 8.58. The number of aromatic nitrogens is 2. The van der Waals surface area contributed by atoms with Crippen molar-refractivity contribution in [3.63, 3.8) is 0 Å². The Morgan fingerprint density at radius 2 is 1.47 bits per heavy atom. The average molecular weight is 379 g/mol. The van der Waals surface area contributed by atoms with Crippen LogP contribution in [-0.2, 0) is 0 Å². The highest BCUT2D eigenvalue weighted by Crippen LogP contribution is 2.29. The highest BCUT2D eigenvalue weighted by Gasteiger charge is 2.13. The van der Waals surface area contributed by atoms with Gasteiger partial charge in [-0.3, -0.25) is 0 Å². The van der Waals surface area contributed by atoms with Gasteiger partial charge >= 0.3 is 0 Å². The molecule has 0 aliphatic heterocycles. The lowest BCUT2D eigenvalue weighted by atomic mass is 10.0. The molecule has 88 valence electrons. The second-order valence-corrected chi connectivity index (χ2v) is 5.50. The molecule has 0 fully saturated rings. The average Bonchev–Trinajstić information content (AvgIpc) is 2.25. The van der Waals surface area contributed by atoms with Crippen LogP contribution in [0.4, 0.5) is 0 Å². The van der Waals surface area contributed by atoms with Gasteiger partial charge in [0.05, 0.1) is 3.57 Å². The van der Waals surface area contributed by atoms with Gasteiger partial charge in [0.1, 0.15) is 10.3 Å². The van der Waals surface area contributed by atoms with Gasteiger partial charge in [-0.05, 0) is 47.6 Å². The van der Waals surface area contributed by atoms with E-state index in [1.165, 1.54) is 0 Å². The quantitative estimate of drug-likeness (QED) is 0.532. The van der Waals surface area contributed by atoms with Crippen LogP contribution in [0.3, 0.4) is 0 Å². The molecule has 0 bridgehead atoms. The van der Waals surface area contributed by atoms with Crippen molar-refractivity contribution in [3.05, 3.63) is 43.2 Å². The molecular weight excluding hydrogens is 370 g/mol. The minimum Gasteiger partial charge on any atom is -0.215 e. The number of halogens is 3. The predicted molar refractivity (Wildman–Crippen MR) is 79.7 cm³/mol. The highest BCUT2D eigenvalue weighted by molar-refractivity contribution is 14.1. The summed E-state index contributed by atoms with van der Waals surface area (Å²) in [5.74, 6) is 0.580. The van der Waals surface area contributed by atoms with Gasteiger partial charge in [-0.15, -0.1) is 0 Å². The molecule has 0 atom stereocenters. The minimum absolute atomic E-state index is 0.392. The molecule has 2 rings (SSSR count). The standard InChI is InChI=1S/C12H9Cl2IN2/c1-6-4-3-5-7(2)8(6)12-16-10(13)9(15)11(14)17-12/h3-5H,1-2H3. The van der Waals surface area contributed by atoms with Crippen LogP contribution in [0.2, 0.25) is 10.3 Å². The van der Waals surface area contributed by atoms with E-state index in [0.29, 0.717) is 19.7 Å². The summed E-state index contributed by atoms with van der Waals surface area (Å²) in [6, 6.07) is 6.04. The Labute approximate surface area is 124 Å². The van der Waals surface area contributed by atoms with Gasteiger partial charge < -0.3 is 0 Å². The van der Waals surface area contributed by atoms with Gasteiger partial charge in [0.15, 0.2) is 5.82 Å². The first kappa shape index (κ1) is 13.1. The van der Waals surface area contributed by atoms with Crippen LogP contribution in [0.15, 0.2) is 18.2 Å². The summed E-state index contributed by atoms with van der Waals surface area (Å²) < 4.78 is 0.681. The van der Waals surface area contributed by atoms with E-state index in [9.17, 15) is 0 Å². The smallest absolute Gasteiger partial charge is 0.163 e. The van der Waals surface area contributed by atoms with Crippen molar-refractivity contribution in [3.8, 4) is 11.4 Å².